The first-order chi connectivity index (χ1) is 11.0. The smallest absolute Gasteiger partial charge is 0.393 e. The van der Waals surface area contributed by atoms with E-state index in [9.17, 15) is 23.1 Å². The van der Waals surface area contributed by atoms with Crippen LogP contribution in [0.15, 0.2) is 18.2 Å². The van der Waals surface area contributed by atoms with Crippen molar-refractivity contribution < 1.29 is 23.1 Å². The minimum atomic E-state index is -4.58. The molecule has 0 aliphatic heterocycles. The molecule has 0 bridgehead atoms. The topological polar surface area (TPSA) is 64.6 Å². The van der Waals surface area contributed by atoms with Crippen molar-refractivity contribution in [1.82, 2.24) is 5.32 Å². The molecule has 136 valence electrons. The second kappa shape index (κ2) is 8.23. The maximum atomic E-state index is 13.2. The van der Waals surface area contributed by atoms with Crippen LogP contribution >= 0.6 is 0 Å². The lowest BCUT2D eigenvalue weighted by Gasteiger charge is -2.19. The van der Waals surface area contributed by atoms with E-state index >= 15 is 0 Å². The molecule has 5 nitrogen and oxygen atoms in total. The highest BCUT2D eigenvalue weighted by atomic mass is 19.4. The summed E-state index contributed by atoms with van der Waals surface area (Å²) in [5, 5.41) is 14.3. The Hall–Kier alpha value is -1.96. The number of hydrogen-bond donors (Lipinski definition) is 3. The Labute approximate surface area is 139 Å². The summed E-state index contributed by atoms with van der Waals surface area (Å²) in [4.78, 5) is 13.3. The maximum Gasteiger partial charge on any atom is 0.418 e. The van der Waals surface area contributed by atoms with Crippen LogP contribution in [-0.4, -0.2) is 37.9 Å². The number of urea groups is 1. The van der Waals surface area contributed by atoms with Gasteiger partial charge in [-0.15, -0.1) is 0 Å². The predicted molar refractivity (Wildman–Crippen MR) is 88.3 cm³/mol. The second-order valence-corrected chi connectivity index (χ2v) is 6.10. The van der Waals surface area contributed by atoms with Crippen LogP contribution in [0.25, 0.3) is 0 Å². The molecule has 0 saturated heterocycles. The van der Waals surface area contributed by atoms with Crippen LogP contribution in [0.3, 0.4) is 0 Å². The number of amides is 2. The summed E-state index contributed by atoms with van der Waals surface area (Å²) in [5.41, 5.74) is -0.839. The number of aliphatic hydroxyl groups excluding tert-OH is 1. The molecule has 0 heterocycles. The molecule has 8 heteroatoms. The number of halogens is 3. The van der Waals surface area contributed by atoms with Gasteiger partial charge in [-0.2, -0.15) is 13.2 Å². The number of nitrogens with zero attached hydrogens (tertiary/aromatic N) is 1. The third kappa shape index (κ3) is 5.92. The van der Waals surface area contributed by atoms with Crippen molar-refractivity contribution in [3.8, 4) is 0 Å². The molecule has 1 aromatic carbocycles. The quantitative estimate of drug-likeness (QED) is 0.740. The van der Waals surface area contributed by atoms with E-state index < -0.39 is 23.9 Å². The summed E-state index contributed by atoms with van der Waals surface area (Å²) in [5.74, 6) is 0.0465. The summed E-state index contributed by atoms with van der Waals surface area (Å²) >= 11 is 0. The predicted octanol–water partition coefficient (Wildman–Crippen LogP) is 3.30. The molecule has 0 radical (unpaired) electrons. The third-order valence-corrected chi connectivity index (χ3v) is 3.57. The molecule has 24 heavy (non-hydrogen) atoms. The summed E-state index contributed by atoms with van der Waals surface area (Å²) in [6.07, 6.45) is -4.82. The standard InChI is InChI=1S/C16H24F3N3O2/c1-10(2)14(23)7-8-20-15(24)21-13-6-5-11(22(3)4)9-12(13)16(17,18)19/h5-6,9-10,14,23H,7-8H2,1-4H3,(H2,20,21,24). The zero-order chi connectivity index (χ0) is 18.5. The highest BCUT2D eigenvalue weighted by Gasteiger charge is 2.34. The molecule has 0 aliphatic carbocycles. The zero-order valence-corrected chi connectivity index (χ0v) is 14.2. The van der Waals surface area contributed by atoms with E-state index in [0.29, 0.717) is 12.1 Å². The SMILES string of the molecule is CC(C)C(O)CCNC(=O)Nc1ccc(N(C)C)cc1C(F)(F)F. The highest BCUT2D eigenvalue weighted by Crippen LogP contribution is 2.37. The molecular weight excluding hydrogens is 323 g/mol. The summed E-state index contributed by atoms with van der Waals surface area (Å²) in [6, 6.07) is 2.96. The maximum absolute atomic E-state index is 13.2. The molecule has 0 saturated carbocycles. The van der Waals surface area contributed by atoms with Crippen LogP contribution in [0.5, 0.6) is 0 Å². The van der Waals surface area contributed by atoms with Gasteiger partial charge >= 0.3 is 12.2 Å². The van der Waals surface area contributed by atoms with Crippen LogP contribution < -0.4 is 15.5 Å². The molecule has 1 atom stereocenters. The molecule has 1 unspecified atom stereocenters. The number of alkyl halides is 3. The minimum Gasteiger partial charge on any atom is -0.393 e. The molecule has 0 spiro atoms. The van der Waals surface area contributed by atoms with Gasteiger partial charge in [0.05, 0.1) is 17.4 Å². The van der Waals surface area contributed by atoms with E-state index in [0.717, 1.165) is 6.07 Å². The first-order valence-corrected chi connectivity index (χ1v) is 7.64. The van der Waals surface area contributed by atoms with Gasteiger partial charge in [-0.3, -0.25) is 0 Å². The van der Waals surface area contributed by atoms with Gasteiger partial charge in [0.2, 0.25) is 0 Å². The molecule has 0 aromatic heterocycles. The van der Waals surface area contributed by atoms with Gasteiger partial charge in [0.25, 0.3) is 0 Å². The molecule has 2 amide bonds. The first kappa shape index (κ1) is 20.1. The monoisotopic (exact) mass is 347 g/mol. The second-order valence-electron chi connectivity index (χ2n) is 6.10. The molecule has 1 aromatic rings. The van der Waals surface area contributed by atoms with Gasteiger partial charge in [-0.25, -0.2) is 4.79 Å². The van der Waals surface area contributed by atoms with E-state index in [-0.39, 0.29) is 18.2 Å². The van der Waals surface area contributed by atoms with Gasteiger partial charge in [0, 0.05) is 26.3 Å². The van der Waals surface area contributed by atoms with E-state index in [1.54, 1.807) is 19.0 Å². The van der Waals surface area contributed by atoms with Crippen molar-refractivity contribution in [2.45, 2.75) is 32.5 Å². The van der Waals surface area contributed by atoms with Gasteiger partial charge in [-0.05, 0) is 30.5 Å². The molecule has 0 aliphatic rings. The molecule has 3 N–H and O–H groups in total. The Balaban J connectivity index is 2.78. The lowest BCUT2D eigenvalue weighted by Crippen LogP contribution is -2.32. The Kier molecular flexibility index (Phi) is 6.89. The fourth-order valence-corrected chi connectivity index (χ4v) is 1.99. The van der Waals surface area contributed by atoms with Crippen molar-refractivity contribution in [3.63, 3.8) is 0 Å². The van der Waals surface area contributed by atoms with Crippen molar-refractivity contribution in [3.05, 3.63) is 23.8 Å². The Bertz CT molecular complexity index is 560. The van der Waals surface area contributed by atoms with Crippen LogP contribution in [0.4, 0.5) is 29.3 Å². The average Bonchev–Trinajstić information content (AvgIpc) is 2.45. The third-order valence-electron chi connectivity index (χ3n) is 3.57. The number of carbonyl (C=O) groups excluding carboxylic acids is 1. The zero-order valence-electron chi connectivity index (χ0n) is 14.2. The molecular formula is C16H24F3N3O2. The fourth-order valence-electron chi connectivity index (χ4n) is 1.99. The number of benzene rings is 1. The Morgan fingerprint density at radius 3 is 2.42 bits per heavy atom. The number of rotatable bonds is 6. The average molecular weight is 347 g/mol. The van der Waals surface area contributed by atoms with Crippen molar-refractivity contribution in [2.75, 3.05) is 30.9 Å². The first-order valence-electron chi connectivity index (χ1n) is 7.64. The van der Waals surface area contributed by atoms with Crippen molar-refractivity contribution in [1.29, 1.82) is 0 Å². The number of carbonyl (C=O) groups is 1. The number of anilines is 2. The van der Waals surface area contributed by atoms with E-state index in [2.05, 4.69) is 10.6 Å². The lowest BCUT2D eigenvalue weighted by molar-refractivity contribution is -0.136. The lowest BCUT2D eigenvalue weighted by atomic mass is 10.0. The van der Waals surface area contributed by atoms with Gasteiger partial charge in [0.15, 0.2) is 0 Å². The summed E-state index contributed by atoms with van der Waals surface area (Å²) in [6.45, 7) is 3.85. The Morgan fingerprint density at radius 2 is 1.92 bits per heavy atom. The largest absolute Gasteiger partial charge is 0.418 e. The van der Waals surface area contributed by atoms with Crippen molar-refractivity contribution in [2.24, 2.45) is 5.92 Å². The minimum absolute atomic E-state index is 0.0465. The van der Waals surface area contributed by atoms with Gasteiger partial charge in [0.1, 0.15) is 0 Å². The number of aliphatic hydroxyl groups is 1. The normalized spacial score (nSPS) is 12.9. The van der Waals surface area contributed by atoms with Crippen LogP contribution in [0.1, 0.15) is 25.8 Å². The van der Waals surface area contributed by atoms with Crippen LogP contribution in [0, 0.1) is 5.92 Å². The van der Waals surface area contributed by atoms with Gasteiger partial charge < -0.3 is 20.6 Å². The molecule has 1 rings (SSSR count). The number of hydrogen-bond acceptors (Lipinski definition) is 3. The van der Waals surface area contributed by atoms with Crippen molar-refractivity contribution >= 4 is 17.4 Å². The molecule has 0 fully saturated rings. The van der Waals surface area contributed by atoms with E-state index in [4.69, 9.17) is 0 Å². The summed E-state index contributed by atoms with van der Waals surface area (Å²) in [7, 11) is 3.27. The van der Waals surface area contributed by atoms with Crippen LogP contribution in [0.2, 0.25) is 0 Å². The fraction of sp³-hybridized carbons (Fsp3) is 0.562. The van der Waals surface area contributed by atoms with Crippen LogP contribution in [-0.2, 0) is 6.18 Å². The number of nitrogens with one attached hydrogen (secondary N) is 2. The van der Waals surface area contributed by atoms with Gasteiger partial charge in [-0.1, -0.05) is 13.8 Å². The van der Waals surface area contributed by atoms with E-state index in [1.807, 2.05) is 13.8 Å². The highest BCUT2D eigenvalue weighted by molar-refractivity contribution is 5.90. The Morgan fingerprint density at radius 1 is 1.29 bits per heavy atom. The summed E-state index contributed by atoms with van der Waals surface area (Å²) < 4.78 is 39.5. The van der Waals surface area contributed by atoms with E-state index in [1.165, 1.54) is 12.1 Å².